The number of hydrogen-bond acceptors (Lipinski definition) is 9. The molecule has 1 N–H and O–H groups in total. The van der Waals surface area contributed by atoms with Gasteiger partial charge >= 0.3 is 0 Å². The molecule has 2 atom stereocenters. The summed E-state index contributed by atoms with van der Waals surface area (Å²) in [5, 5.41) is 25.8. The fourth-order valence-electron chi connectivity index (χ4n) is 3.82. The van der Waals surface area contributed by atoms with E-state index in [4.69, 9.17) is 10.00 Å². The zero-order valence-corrected chi connectivity index (χ0v) is 20.7. The number of aromatic nitrogens is 5. The largest absolute Gasteiger partial charge is 0.486 e. The molecule has 1 aromatic carbocycles. The highest BCUT2D eigenvalue weighted by atomic mass is 19.1. The molecule has 0 aliphatic carbocycles. The van der Waals surface area contributed by atoms with E-state index >= 15 is 0 Å². The van der Waals surface area contributed by atoms with Crippen LogP contribution in [-0.2, 0) is 10.3 Å². The fourth-order valence-corrected chi connectivity index (χ4v) is 3.82. The Bertz CT molecular complexity index is 1370. The van der Waals surface area contributed by atoms with Crippen molar-refractivity contribution < 1.29 is 13.9 Å². The summed E-state index contributed by atoms with van der Waals surface area (Å²) in [5.41, 5.74) is 1.31. The topological polar surface area (TPSA) is 146 Å². The van der Waals surface area contributed by atoms with Crippen molar-refractivity contribution in [3.8, 4) is 29.3 Å². The van der Waals surface area contributed by atoms with Gasteiger partial charge in [-0.1, -0.05) is 0 Å². The third-order valence-electron chi connectivity index (χ3n) is 5.80. The van der Waals surface area contributed by atoms with Gasteiger partial charge in [0, 0.05) is 24.7 Å². The number of amides is 1. The second-order valence-corrected chi connectivity index (χ2v) is 9.56. The van der Waals surface area contributed by atoms with E-state index in [0.717, 1.165) is 5.69 Å². The van der Waals surface area contributed by atoms with Gasteiger partial charge in [0.25, 0.3) is 0 Å². The molecule has 11 nitrogen and oxygen atoms in total. The minimum absolute atomic E-state index is 0.152. The van der Waals surface area contributed by atoms with Crippen LogP contribution in [0.3, 0.4) is 0 Å². The summed E-state index contributed by atoms with van der Waals surface area (Å²) in [6.45, 7) is 6.25. The minimum Gasteiger partial charge on any atom is -0.486 e. The molecule has 3 aromatic rings. The number of nitrogens with zero attached hydrogens (tertiary/aromatic N) is 8. The van der Waals surface area contributed by atoms with Crippen molar-refractivity contribution >= 4 is 17.5 Å². The Morgan fingerprint density at radius 1 is 1.30 bits per heavy atom. The van der Waals surface area contributed by atoms with Crippen LogP contribution >= 0.6 is 0 Å². The van der Waals surface area contributed by atoms with Crippen LogP contribution in [0.5, 0.6) is 5.75 Å². The maximum Gasteiger partial charge on any atom is 0.236 e. The number of rotatable bonds is 6. The molecule has 1 aliphatic heterocycles. The molecular weight excluding hydrogens is 477 g/mol. The normalized spacial score (nSPS) is 17.5. The lowest BCUT2D eigenvalue weighted by atomic mass is 10.0. The van der Waals surface area contributed by atoms with Gasteiger partial charge in [-0.3, -0.25) is 9.48 Å². The molecular formula is C25H26FN9O2. The summed E-state index contributed by atoms with van der Waals surface area (Å²) in [6, 6.07) is 8.70. The minimum atomic E-state index is -1.44. The number of benzene rings is 1. The van der Waals surface area contributed by atoms with E-state index in [2.05, 4.69) is 31.4 Å². The van der Waals surface area contributed by atoms with Gasteiger partial charge in [0.1, 0.15) is 30.7 Å². The standard InChI is InChI=1S/C25H26FN9O2/c1-25(2,3)35-13-18(12-31-35)32-24-30-15-29-23(33-24)16-4-5-20(17(10-16)11-28)37-21-7-9-34(14-19(21)26)22(36)6-8-27/h4-5,10,12-13,15,19,21H,6-7,9,14H2,1-3H3,(H,29,30,32,33)/t19-,21?/m1/s1. The highest BCUT2D eigenvalue weighted by Crippen LogP contribution is 2.28. The van der Waals surface area contributed by atoms with Crippen molar-refractivity contribution in [2.75, 3.05) is 18.4 Å². The van der Waals surface area contributed by atoms with Crippen LogP contribution < -0.4 is 10.1 Å². The molecule has 1 aliphatic rings. The Hall–Kier alpha value is -4.58. The molecule has 4 rings (SSSR count). The predicted octanol–water partition coefficient (Wildman–Crippen LogP) is 3.34. The quantitative estimate of drug-likeness (QED) is 0.535. The molecule has 0 saturated carbocycles. The van der Waals surface area contributed by atoms with Crippen molar-refractivity contribution in [3.63, 3.8) is 0 Å². The predicted molar refractivity (Wildman–Crippen MR) is 131 cm³/mol. The maximum absolute atomic E-state index is 14.7. The van der Waals surface area contributed by atoms with Gasteiger partial charge in [0.15, 0.2) is 12.0 Å². The number of piperidine rings is 1. The van der Waals surface area contributed by atoms with Gasteiger partial charge in [0.2, 0.25) is 11.9 Å². The molecule has 190 valence electrons. The number of nitrogens with one attached hydrogen (secondary N) is 1. The summed E-state index contributed by atoms with van der Waals surface area (Å²) < 4.78 is 22.4. The van der Waals surface area contributed by atoms with E-state index < -0.39 is 18.2 Å². The monoisotopic (exact) mass is 503 g/mol. The van der Waals surface area contributed by atoms with Crippen LogP contribution in [0.2, 0.25) is 0 Å². The fraction of sp³-hybridized carbons (Fsp3) is 0.400. The first kappa shape index (κ1) is 25.5. The van der Waals surface area contributed by atoms with E-state index in [1.54, 1.807) is 30.5 Å². The number of halogens is 1. The van der Waals surface area contributed by atoms with E-state index in [-0.39, 0.29) is 42.8 Å². The van der Waals surface area contributed by atoms with Crippen molar-refractivity contribution in [3.05, 3.63) is 42.5 Å². The number of ether oxygens (including phenoxy) is 1. The first-order chi connectivity index (χ1) is 17.7. The second kappa shape index (κ2) is 10.6. The van der Waals surface area contributed by atoms with Gasteiger partial charge in [-0.2, -0.15) is 20.6 Å². The lowest BCUT2D eigenvalue weighted by Gasteiger charge is -2.34. The van der Waals surface area contributed by atoms with Gasteiger partial charge < -0.3 is 15.0 Å². The third-order valence-corrected chi connectivity index (χ3v) is 5.80. The average molecular weight is 504 g/mol. The van der Waals surface area contributed by atoms with Crippen molar-refractivity contribution in [1.29, 1.82) is 10.5 Å². The Morgan fingerprint density at radius 3 is 2.78 bits per heavy atom. The average Bonchev–Trinajstić information content (AvgIpc) is 3.35. The van der Waals surface area contributed by atoms with Crippen LogP contribution in [0.25, 0.3) is 11.4 Å². The summed E-state index contributed by atoms with van der Waals surface area (Å²) in [6.07, 6.45) is 2.60. The molecule has 37 heavy (non-hydrogen) atoms. The summed E-state index contributed by atoms with van der Waals surface area (Å²) in [7, 11) is 0. The van der Waals surface area contributed by atoms with E-state index in [0.29, 0.717) is 17.3 Å². The molecule has 0 spiro atoms. The van der Waals surface area contributed by atoms with Crippen LogP contribution in [0.4, 0.5) is 16.0 Å². The van der Waals surface area contributed by atoms with E-state index in [1.807, 2.05) is 31.6 Å². The summed E-state index contributed by atoms with van der Waals surface area (Å²) in [4.78, 5) is 26.0. The molecule has 12 heteroatoms. The molecule has 0 bridgehead atoms. The number of nitriles is 2. The highest BCUT2D eigenvalue weighted by molar-refractivity contribution is 5.78. The zero-order valence-electron chi connectivity index (χ0n) is 20.7. The number of likely N-dealkylation sites (tertiary alicyclic amines) is 1. The number of carbonyl (C=O) groups is 1. The Kier molecular flexibility index (Phi) is 7.30. The van der Waals surface area contributed by atoms with Gasteiger partial charge in [-0.25, -0.2) is 14.4 Å². The van der Waals surface area contributed by atoms with Crippen molar-refractivity contribution in [2.45, 2.75) is 51.4 Å². The first-order valence-corrected chi connectivity index (χ1v) is 11.7. The number of alkyl halides is 1. The van der Waals surface area contributed by atoms with Crippen LogP contribution in [0.15, 0.2) is 36.9 Å². The first-order valence-electron chi connectivity index (χ1n) is 11.7. The Morgan fingerprint density at radius 2 is 2.11 bits per heavy atom. The van der Waals surface area contributed by atoms with Gasteiger partial charge in [-0.15, -0.1) is 0 Å². The molecule has 0 radical (unpaired) electrons. The molecule has 1 saturated heterocycles. The Balaban J connectivity index is 1.47. The van der Waals surface area contributed by atoms with Crippen LogP contribution in [0.1, 0.15) is 39.2 Å². The number of anilines is 2. The third kappa shape index (κ3) is 5.98. The summed E-state index contributed by atoms with van der Waals surface area (Å²) in [5.74, 6) is 0.490. The lowest BCUT2D eigenvalue weighted by Crippen LogP contribution is -2.49. The molecule has 1 fully saturated rings. The van der Waals surface area contributed by atoms with Crippen LogP contribution in [-0.4, -0.2) is 60.9 Å². The van der Waals surface area contributed by atoms with Crippen molar-refractivity contribution in [2.24, 2.45) is 0 Å². The number of hydrogen-bond donors (Lipinski definition) is 1. The molecule has 1 amide bonds. The molecule has 2 aromatic heterocycles. The van der Waals surface area contributed by atoms with E-state index in [1.165, 1.54) is 11.2 Å². The maximum atomic E-state index is 14.7. The Labute approximate surface area is 213 Å². The zero-order chi connectivity index (χ0) is 26.6. The van der Waals surface area contributed by atoms with Gasteiger partial charge in [-0.05, 0) is 39.0 Å². The molecule has 1 unspecified atom stereocenters. The lowest BCUT2D eigenvalue weighted by molar-refractivity contribution is -0.134. The summed E-state index contributed by atoms with van der Waals surface area (Å²) >= 11 is 0. The van der Waals surface area contributed by atoms with Crippen molar-refractivity contribution in [1.82, 2.24) is 29.6 Å². The van der Waals surface area contributed by atoms with E-state index in [9.17, 15) is 14.4 Å². The van der Waals surface area contributed by atoms with Crippen LogP contribution in [0, 0.1) is 22.7 Å². The highest BCUT2D eigenvalue weighted by Gasteiger charge is 2.33. The smallest absolute Gasteiger partial charge is 0.236 e. The number of carbonyl (C=O) groups excluding carboxylic acids is 1. The SMILES string of the molecule is CC(C)(C)n1cc(Nc2ncnc(-c3ccc(OC4CCN(C(=O)CC#N)C[C@H]4F)c(C#N)c3)n2)cn1. The van der Waals surface area contributed by atoms with Gasteiger partial charge in [0.05, 0.1) is 35.6 Å². The molecule has 3 heterocycles. The second-order valence-electron chi connectivity index (χ2n) is 9.56.